The van der Waals surface area contributed by atoms with Crippen LogP contribution in [0.25, 0.3) is 0 Å². The van der Waals surface area contributed by atoms with Gasteiger partial charge in [0.1, 0.15) is 0 Å². The van der Waals surface area contributed by atoms with E-state index in [0.717, 1.165) is 25.7 Å². The monoisotopic (exact) mass is 298 g/mol. The molecule has 0 saturated heterocycles. The highest BCUT2D eigenvalue weighted by Gasteiger charge is 2.02. The van der Waals surface area contributed by atoms with E-state index in [1.54, 1.807) is 0 Å². The second-order valence-electron chi connectivity index (χ2n) is 4.77. The summed E-state index contributed by atoms with van der Waals surface area (Å²) in [7, 11) is -3.84. The van der Waals surface area contributed by atoms with Crippen LogP contribution in [0, 0.1) is 0 Å². The molecular weight excluding hydrogens is 271 g/mol. The van der Waals surface area contributed by atoms with Gasteiger partial charge in [0, 0.05) is 13.2 Å². The highest BCUT2D eigenvalue weighted by Crippen LogP contribution is 2.08. The van der Waals surface area contributed by atoms with Crippen molar-refractivity contribution < 1.29 is 22.1 Å². The van der Waals surface area contributed by atoms with E-state index in [-0.39, 0.29) is 12.4 Å². The largest absolute Gasteiger partial charge is 0.381 e. The minimum absolute atomic E-state index is 0.199. The molecule has 0 rings (SSSR count). The minimum atomic E-state index is -3.84. The molecule has 116 valence electrons. The number of hydrogen-bond acceptors (Lipinski definition) is 3. The third kappa shape index (κ3) is 17.8. The maximum atomic E-state index is 11.8. The second-order valence-corrected chi connectivity index (χ2v) is 6.34. The van der Waals surface area contributed by atoms with Crippen LogP contribution in [-0.4, -0.2) is 38.6 Å². The molecule has 0 aliphatic carbocycles. The van der Waals surface area contributed by atoms with Crippen LogP contribution in [0.15, 0.2) is 0 Å². The molecule has 0 aliphatic rings. The quantitative estimate of drug-likeness (QED) is 0.394. The number of rotatable bonds is 14. The molecular formula is C13H27FO4S. The van der Waals surface area contributed by atoms with Crippen LogP contribution in [0.4, 0.5) is 4.39 Å². The summed E-state index contributed by atoms with van der Waals surface area (Å²) in [4.78, 5) is 0. The third-order valence-corrected chi connectivity index (χ3v) is 3.67. The molecule has 0 saturated carbocycles. The Morgan fingerprint density at radius 3 is 1.79 bits per heavy atom. The highest BCUT2D eigenvalue weighted by molar-refractivity contribution is 7.85. The first-order valence-electron chi connectivity index (χ1n) is 7.15. The molecule has 0 amide bonds. The van der Waals surface area contributed by atoms with Gasteiger partial charge in [0.15, 0.2) is 0 Å². The lowest BCUT2D eigenvalue weighted by molar-refractivity contribution is 0.130. The first-order valence-corrected chi connectivity index (χ1v) is 8.76. The van der Waals surface area contributed by atoms with Crippen LogP contribution in [0.3, 0.4) is 0 Å². The number of alkyl halides is 1. The highest BCUT2D eigenvalue weighted by atomic mass is 32.2. The van der Waals surface area contributed by atoms with E-state index < -0.39 is 10.1 Å². The van der Waals surface area contributed by atoms with Crippen molar-refractivity contribution in [3.8, 4) is 0 Å². The number of unbranched alkanes of at least 4 members (excludes halogenated alkanes) is 7. The Kier molecular flexibility index (Phi) is 12.7. The van der Waals surface area contributed by atoms with Gasteiger partial charge >= 0.3 is 0 Å². The predicted molar refractivity (Wildman–Crippen MR) is 74.8 cm³/mol. The molecule has 0 bridgehead atoms. The van der Waals surface area contributed by atoms with Crippen LogP contribution < -0.4 is 0 Å². The Bertz CT molecular complexity index is 280. The Morgan fingerprint density at radius 1 is 0.789 bits per heavy atom. The van der Waals surface area contributed by atoms with Gasteiger partial charge < -0.3 is 4.74 Å². The summed E-state index contributed by atoms with van der Waals surface area (Å²) in [5.41, 5.74) is 0. The van der Waals surface area contributed by atoms with Crippen molar-refractivity contribution in [1.29, 1.82) is 0 Å². The van der Waals surface area contributed by atoms with E-state index >= 15 is 0 Å². The van der Waals surface area contributed by atoms with Crippen molar-refractivity contribution in [1.82, 2.24) is 0 Å². The number of ether oxygens (including phenoxy) is 1. The molecule has 19 heavy (non-hydrogen) atoms. The average Bonchev–Trinajstić information content (AvgIpc) is 2.34. The van der Waals surface area contributed by atoms with Gasteiger partial charge in [-0.05, 0) is 19.3 Å². The number of hydrogen-bond donors (Lipinski definition) is 1. The summed E-state index contributed by atoms with van der Waals surface area (Å²) in [5.74, 6) is -0.230. The molecule has 6 heteroatoms. The van der Waals surface area contributed by atoms with Crippen molar-refractivity contribution >= 4 is 10.1 Å². The molecule has 0 aromatic carbocycles. The first-order chi connectivity index (χ1) is 9.06. The minimum Gasteiger partial charge on any atom is -0.381 e. The maximum Gasteiger partial charge on any atom is 0.264 e. The van der Waals surface area contributed by atoms with Crippen LogP contribution >= 0.6 is 0 Å². The lowest BCUT2D eigenvalue weighted by Crippen LogP contribution is -2.07. The van der Waals surface area contributed by atoms with E-state index in [2.05, 4.69) is 0 Å². The summed E-state index contributed by atoms with van der Waals surface area (Å²) in [6.07, 6.45) is 8.78. The van der Waals surface area contributed by atoms with E-state index in [1.165, 1.54) is 19.3 Å². The zero-order valence-electron chi connectivity index (χ0n) is 11.7. The van der Waals surface area contributed by atoms with Gasteiger partial charge in [-0.3, -0.25) is 8.94 Å². The lowest BCUT2D eigenvalue weighted by Gasteiger charge is -2.04. The standard InChI is InChI=1S/C13H27FO4S/c14-10-7-5-3-1-2-4-6-8-11-18-12-9-13-19(15,16)17/h1-13H2,(H,15,16,17). The molecule has 1 N–H and O–H groups in total. The molecule has 0 unspecified atom stereocenters. The summed E-state index contributed by atoms with van der Waals surface area (Å²) >= 11 is 0. The van der Waals surface area contributed by atoms with Gasteiger partial charge in [-0.15, -0.1) is 0 Å². The molecule has 0 heterocycles. The molecule has 0 aromatic rings. The van der Waals surface area contributed by atoms with E-state index in [0.29, 0.717) is 26.1 Å². The first kappa shape index (κ1) is 18.8. The Hall–Kier alpha value is -0.200. The van der Waals surface area contributed by atoms with Crippen LogP contribution in [0.1, 0.15) is 57.8 Å². The normalized spacial score (nSPS) is 11.9. The third-order valence-electron chi connectivity index (χ3n) is 2.86. The zero-order chi connectivity index (χ0) is 14.4. The van der Waals surface area contributed by atoms with Crippen LogP contribution in [-0.2, 0) is 14.9 Å². The molecule has 0 aliphatic heterocycles. The fourth-order valence-corrected chi connectivity index (χ4v) is 2.29. The SMILES string of the molecule is O=S(=O)(O)CCCOCCCCCCCCCCF. The summed E-state index contributed by atoms with van der Waals surface area (Å²) in [6.45, 7) is 0.825. The summed E-state index contributed by atoms with van der Waals surface area (Å²) in [6, 6.07) is 0. The summed E-state index contributed by atoms with van der Waals surface area (Å²) < 4.78 is 46.4. The fourth-order valence-electron chi connectivity index (χ4n) is 1.80. The molecule has 0 atom stereocenters. The topological polar surface area (TPSA) is 63.6 Å². The van der Waals surface area contributed by atoms with Crippen molar-refractivity contribution in [2.75, 3.05) is 25.6 Å². The Balaban J connectivity index is 3.03. The van der Waals surface area contributed by atoms with Crippen LogP contribution in [0.5, 0.6) is 0 Å². The molecule has 4 nitrogen and oxygen atoms in total. The fraction of sp³-hybridized carbons (Fsp3) is 1.00. The van der Waals surface area contributed by atoms with Crippen molar-refractivity contribution in [3.05, 3.63) is 0 Å². The van der Waals surface area contributed by atoms with Crippen LogP contribution in [0.2, 0.25) is 0 Å². The number of halogens is 1. The zero-order valence-corrected chi connectivity index (χ0v) is 12.5. The van der Waals surface area contributed by atoms with E-state index in [9.17, 15) is 12.8 Å². The van der Waals surface area contributed by atoms with Gasteiger partial charge in [-0.25, -0.2) is 0 Å². The predicted octanol–water partition coefficient (Wildman–Crippen LogP) is 3.37. The van der Waals surface area contributed by atoms with Crippen molar-refractivity contribution in [2.45, 2.75) is 57.8 Å². The van der Waals surface area contributed by atoms with E-state index in [1.807, 2.05) is 0 Å². The molecule has 0 fully saturated rings. The molecule has 0 radical (unpaired) electrons. The van der Waals surface area contributed by atoms with Crippen molar-refractivity contribution in [2.24, 2.45) is 0 Å². The van der Waals surface area contributed by atoms with Gasteiger partial charge in [0.05, 0.1) is 12.4 Å². The summed E-state index contributed by atoms with van der Waals surface area (Å²) in [5, 5.41) is 0. The second kappa shape index (κ2) is 12.8. The van der Waals surface area contributed by atoms with E-state index in [4.69, 9.17) is 9.29 Å². The Morgan fingerprint density at radius 2 is 1.26 bits per heavy atom. The van der Waals surface area contributed by atoms with Gasteiger partial charge in [-0.1, -0.05) is 38.5 Å². The van der Waals surface area contributed by atoms with Gasteiger partial charge in [0.25, 0.3) is 10.1 Å². The Labute approximate surface area is 116 Å². The van der Waals surface area contributed by atoms with Gasteiger partial charge in [0.2, 0.25) is 0 Å². The smallest absolute Gasteiger partial charge is 0.264 e. The lowest BCUT2D eigenvalue weighted by atomic mass is 10.1. The molecule has 0 aromatic heterocycles. The van der Waals surface area contributed by atoms with Gasteiger partial charge in [-0.2, -0.15) is 8.42 Å². The van der Waals surface area contributed by atoms with Crippen molar-refractivity contribution in [3.63, 3.8) is 0 Å². The average molecular weight is 298 g/mol. The molecule has 0 spiro atoms. The maximum absolute atomic E-state index is 11.8.